The van der Waals surface area contributed by atoms with Gasteiger partial charge in [-0.15, -0.1) is 5.10 Å². The summed E-state index contributed by atoms with van der Waals surface area (Å²) in [6.45, 7) is 2.59. The molecule has 0 bridgehead atoms. The van der Waals surface area contributed by atoms with Crippen molar-refractivity contribution < 1.29 is 14.4 Å². The van der Waals surface area contributed by atoms with Crippen molar-refractivity contribution in [1.29, 1.82) is 0 Å². The van der Waals surface area contributed by atoms with Gasteiger partial charge in [0.2, 0.25) is 0 Å². The number of carbonyl (C=O) groups is 1. The van der Waals surface area contributed by atoms with E-state index >= 15 is 0 Å². The maximum absolute atomic E-state index is 11.1. The number of hydrogen-bond donors (Lipinski definition) is 0. The number of carbonyl (C=O) groups excluding carboxylic acids is 1. The van der Waals surface area contributed by atoms with Gasteiger partial charge >= 0.3 is 5.97 Å². The molecular weight excluding hydrogens is 234 g/mol. The van der Waals surface area contributed by atoms with Crippen LogP contribution in [0.25, 0.3) is 11.0 Å². The summed E-state index contributed by atoms with van der Waals surface area (Å²) in [5.74, 6) is -0.204. The van der Waals surface area contributed by atoms with Crippen molar-refractivity contribution in [3.63, 3.8) is 0 Å². The number of para-hydroxylation sites is 1. The molecule has 0 saturated heterocycles. The summed E-state index contributed by atoms with van der Waals surface area (Å²) in [6.07, 6.45) is 0.938. The highest BCUT2D eigenvalue weighted by atomic mass is 16.7. The molecule has 0 fully saturated rings. The zero-order valence-electron chi connectivity index (χ0n) is 10.2. The summed E-state index contributed by atoms with van der Waals surface area (Å²) in [5, 5.41) is 7.83. The molecule has 2 aromatic rings. The summed E-state index contributed by atoms with van der Waals surface area (Å²) in [6, 6.07) is 7.52. The SMILES string of the molecule is CCOC(=O)CCCOn1nnc2ccccc21. The Morgan fingerprint density at radius 2 is 2.22 bits per heavy atom. The van der Waals surface area contributed by atoms with E-state index in [0.29, 0.717) is 26.1 Å². The fourth-order valence-corrected chi connectivity index (χ4v) is 1.54. The van der Waals surface area contributed by atoms with Crippen LogP contribution in [0.2, 0.25) is 0 Å². The second-order valence-electron chi connectivity index (χ2n) is 3.69. The number of rotatable bonds is 6. The van der Waals surface area contributed by atoms with Gasteiger partial charge in [-0.05, 0) is 30.7 Å². The Bertz CT molecular complexity index is 524. The molecule has 0 spiro atoms. The van der Waals surface area contributed by atoms with Gasteiger partial charge < -0.3 is 9.57 Å². The fourth-order valence-electron chi connectivity index (χ4n) is 1.54. The first-order chi connectivity index (χ1) is 8.81. The van der Waals surface area contributed by atoms with Gasteiger partial charge in [0, 0.05) is 6.42 Å². The molecule has 1 aromatic carbocycles. The van der Waals surface area contributed by atoms with Gasteiger partial charge in [0.25, 0.3) is 0 Å². The molecule has 0 N–H and O–H groups in total. The number of ether oxygens (including phenoxy) is 1. The highest BCUT2D eigenvalue weighted by Crippen LogP contribution is 2.08. The molecular formula is C12H15N3O3. The first-order valence-corrected chi connectivity index (χ1v) is 5.90. The van der Waals surface area contributed by atoms with E-state index in [2.05, 4.69) is 10.3 Å². The lowest BCUT2D eigenvalue weighted by atomic mass is 10.3. The topological polar surface area (TPSA) is 66.2 Å². The zero-order valence-corrected chi connectivity index (χ0v) is 10.2. The highest BCUT2D eigenvalue weighted by molar-refractivity contribution is 5.73. The Hall–Kier alpha value is -2.11. The molecule has 2 rings (SSSR count). The van der Waals surface area contributed by atoms with E-state index < -0.39 is 0 Å². The molecule has 18 heavy (non-hydrogen) atoms. The van der Waals surface area contributed by atoms with Crippen LogP contribution in [0.3, 0.4) is 0 Å². The summed E-state index contributed by atoms with van der Waals surface area (Å²) in [7, 11) is 0. The average molecular weight is 249 g/mol. The maximum Gasteiger partial charge on any atom is 0.305 e. The molecule has 0 atom stereocenters. The summed E-state index contributed by atoms with van der Waals surface area (Å²) >= 11 is 0. The quantitative estimate of drug-likeness (QED) is 0.568. The van der Waals surface area contributed by atoms with Crippen LogP contribution >= 0.6 is 0 Å². The summed E-state index contributed by atoms with van der Waals surface area (Å²) < 4.78 is 4.82. The molecule has 0 aliphatic heterocycles. The third kappa shape index (κ3) is 2.97. The first kappa shape index (κ1) is 12.3. The van der Waals surface area contributed by atoms with Gasteiger partial charge in [-0.2, -0.15) is 0 Å². The van der Waals surface area contributed by atoms with Gasteiger partial charge in [0.05, 0.1) is 6.61 Å². The molecule has 6 nitrogen and oxygen atoms in total. The van der Waals surface area contributed by atoms with Crippen molar-refractivity contribution in [3.8, 4) is 0 Å². The maximum atomic E-state index is 11.1. The summed E-state index contributed by atoms with van der Waals surface area (Å²) in [4.78, 5) is 17.9. The van der Waals surface area contributed by atoms with Crippen LogP contribution in [0.15, 0.2) is 24.3 Å². The minimum Gasteiger partial charge on any atom is -0.466 e. The predicted octanol–water partition coefficient (Wildman–Crippen LogP) is 1.20. The number of hydrogen-bond acceptors (Lipinski definition) is 5. The van der Waals surface area contributed by atoms with Crippen LogP contribution in [0.5, 0.6) is 0 Å². The highest BCUT2D eigenvalue weighted by Gasteiger charge is 2.05. The van der Waals surface area contributed by atoms with E-state index in [-0.39, 0.29) is 5.97 Å². The number of aromatic nitrogens is 3. The Balaban J connectivity index is 1.82. The van der Waals surface area contributed by atoms with E-state index in [1.54, 1.807) is 6.92 Å². The third-order valence-corrected chi connectivity index (χ3v) is 2.37. The van der Waals surface area contributed by atoms with Gasteiger partial charge in [-0.1, -0.05) is 17.0 Å². The largest absolute Gasteiger partial charge is 0.466 e. The van der Waals surface area contributed by atoms with Crippen molar-refractivity contribution in [1.82, 2.24) is 15.2 Å². The van der Waals surface area contributed by atoms with Crippen LogP contribution in [-0.2, 0) is 9.53 Å². The van der Waals surface area contributed by atoms with Crippen LogP contribution in [-0.4, -0.2) is 34.3 Å². The van der Waals surface area contributed by atoms with Crippen LogP contribution < -0.4 is 4.84 Å². The predicted molar refractivity (Wildman–Crippen MR) is 64.8 cm³/mol. The van der Waals surface area contributed by atoms with E-state index in [4.69, 9.17) is 9.57 Å². The number of fused-ring (bicyclic) bond motifs is 1. The van der Waals surface area contributed by atoms with Gasteiger partial charge in [0.15, 0.2) is 0 Å². The standard InChI is InChI=1S/C12H15N3O3/c1-2-17-12(16)8-5-9-18-15-11-7-4-3-6-10(11)13-14-15/h3-4,6-7H,2,5,8-9H2,1H3. The normalized spacial score (nSPS) is 10.5. The van der Waals surface area contributed by atoms with Crippen LogP contribution in [0, 0.1) is 0 Å². The van der Waals surface area contributed by atoms with Crippen molar-refractivity contribution >= 4 is 17.0 Å². The molecule has 0 radical (unpaired) electrons. The molecule has 6 heteroatoms. The minimum absolute atomic E-state index is 0.204. The Morgan fingerprint density at radius 1 is 1.39 bits per heavy atom. The third-order valence-electron chi connectivity index (χ3n) is 2.37. The Kier molecular flexibility index (Phi) is 4.11. The lowest BCUT2D eigenvalue weighted by Crippen LogP contribution is -2.15. The van der Waals surface area contributed by atoms with Crippen LogP contribution in [0.4, 0.5) is 0 Å². The first-order valence-electron chi connectivity index (χ1n) is 5.90. The lowest BCUT2D eigenvalue weighted by molar-refractivity contribution is -0.143. The van der Waals surface area contributed by atoms with Crippen molar-refractivity contribution in [2.24, 2.45) is 0 Å². The van der Waals surface area contributed by atoms with E-state index in [9.17, 15) is 4.79 Å². The van der Waals surface area contributed by atoms with E-state index in [0.717, 1.165) is 11.0 Å². The smallest absolute Gasteiger partial charge is 0.305 e. The Labute approximate surface area is 104 Å². The number of nitrogens with zero attached hydrogens (tertiary/aromatic N) is 3. The summed E-state index contributed by atoms with van der Waals surface area (Å²) in [5.41, 5.74) is 1.59. The zero-order chi connectivity index (χ0) is 12.8. The van der Waals surface area contributed by atoms with E-state index in [1.807, 2.05) is 24.3 Å². The molecule has 1 aromatic heterocycles. The lowest BCUT2D eigenvalue weighted by Gasteiger charge is -2.05. The molecule has 0 aliphatic carbocycles. The van der Waals surface area contributed by atoms with Gasteiger partial charge in [-0.3, -0.25) is 4.79 Å². The molecule has 1 heterocycles. The number of esters is 1. The second kappa shape index (κ2) is 6.00. The second-order valence-corrected chi connectivity index (χ2v) is 3.69. The molecule has 0 saturated carbocycles. The molecule has 0 aliphatic rings. The molecule has 0 amide bonds. The fraction of sp³-hybridized carbons (Fsp3) is 0.417. The van der Waals surface area contributed by atoms with Gasteiger partial charge in [0.1, 0.15) is 17.6 Å². The van der Waals surface area contributed by atoms with E-state index in [1.165, 1.54) is 4.85 Å². The van der Waals surface area contributed by atoms with Crippen LogP contribution in [0.1, 0.15) is 19.8 Å². The van der Waals surface area contributed by atoms with Crippen molar-refractivity contribution in [2.45, 2.75) is 19.8 Å². The Morgan fingerprint density at radius 3 is 3.06 bits per heavy atom. The minimum atomic E-state index is -0.204. The number of benzene rings is 1. The van der Waals surface area contributed by atoms with Gasteiger partial charge in [-0.25, -0.2) is 0 Å². The van der Waals surface area contributed by atoms with Crippen molar-refractivity contribution in [3.05, 3.63) is 24.3 Å². The molecule has 96 valence electrons. The monoisotopic (exact) mass is 249 g/mol. The molecule has 0 unspecified atom stereocenters. The van der Waals surface area contributed by atoms with Crippen molar-refractivity contribution in [2.75, 3.05) is 13.2 Å². The average Bonchev–Trinajstić information content (AvgIpc) is 2.78.